The summed E-state index contributed by atoms with van der Waals surface area (Å²) in [6, 6.07) is 6.83. The lowest BCUT2D eigenvalue weighted by Crippen LogP contribution is -2.37. The van der Waals surface area contributed by atoms with Crippen LogP contribution in [-0.2, 0) is 22.5 Å². The number of carboxylic acid groups (broad SMARTS) is 1. The van der Waals surface area contributed by atoms with E-state index < -0.39 is 5.97 Å². The minimum absolute atomic E-state index is 0.0524. The zero-order valence-corrected chi connectivity index (χ0v) is 10.8. The van der Waals surface area contributed by atoms with Crippen molar-refractivity contribution in [2.45, 2.75) is 13.0 Å². The van der Waals surface area contributed by atoms with Gasteiger partial charge in [-0.15, -0.1) is 0 Å². The molecule has 1 rings (SSSR count). The summed E-state index contributed by atoms with van der Waals surface area (Å²) in [6.07, 6.45) is -0.0524. The molecule has 6 heteroatoms. The predicted octanol–water partition coefficient (Wildman–Crippen LogP) is 0.759. The van der Waals surface area contributed by atoms with Crippen molar-refractivity contribution in [2.24, 2.45) is 0 Å². The number of aliphatic carboxylic acids is 1. The van der Waals surface area contributed by atoms with Crippen LogP contribution in [0.3, 0.4) is 0 Å². The Morgan fingerprint density at radius 3 is 2.53 bits per heavy atom. The summed E-state index contributed by atoms with van der Waals surface area (Å²) in [5.74, 6) is -0.892. The smallest absolute Gasteiger partial charge is 0.315 e. The van der Waals surface area contributed by atoms with Crippen LogP contribution >= 0.6 is 0 Å². The van der Waals surface area contributed by atoms with Crippen LogP contribution in [0.4, 0.5) is 4.79 Å². The van der Waals surface area contributed by atoms with Crippen molar-refractivity contribution in [2.75, 3.05) is 20.3 Å². The Kier molecular flexibility index (Phi) is 6.38. The molecule has 104 valence electrons. The van der Waals surface area contributed by atoms with E-state index in [-0.39, 0.29) is 12.5 Å². The number of carbonyl (C=O) groups is 2. The van der Waals surface area contributed by atoms with E-state index in [9.17, 15) is 9.59 Å². The van der Waals surface area contributed by atoms with Gasteiger partial charge in [0.2, 0.25) is 0 Å². The minimum Gasteiger partial charge on any atom is -0.481 e. The predicted molar refractivity (Wildman–Crippen MR) is 69.9 cm³/mol. The highest BCUT2D eigenvalue weighted by molar-refractivity contribution is 5.74. The molecule has 0 saturated carbocycles. The third-order valence-corrected chi connectivity index (χ3v) is 2.49. The second-order valence-corrected chi connectivity index (χ2v) is 3.94. The molecule has 2 amide bonds. The summed E-state index contributed by atoms with van der Waals surface area (Å²) in [4.78, 5) is 22.2. The Bertz CT molecular complexity index is 434. The molecule has 0 saturated heterocycles. The maximum Gasteiger partial charge on any atom is 0.315 e. The molecule has 1 aromatic carbocycles. The SMILES string of the molecule is COCCNC(=O)NCc1ccccc1CC(=O)O. The van der Waals surface area contributed by atoms with Crippen molar-refractivity contribution in [3.8, 4) is 0 Å². The van der Waals surface area contributed by atoms with Crippen molar-refractivity contribution in [3.63, 3.8) is 0 Å². The minimum atomic E-state index is -0.892. The van der Waals surface area contributed by atoms with E-state index in [2.05, 4.69) is 10.6 Å². The number of ether oxygens (including phenoxy) is 1. The highest BCUT2D eigenvalue weighted by atomic mass is 16.5. The van der Waals surface area contributed by atoms with E-state index in [0.29, 0.717) is 25.3 Å². The van der Waals surface area contributed by atoms with E-state index >= 15 is 0 Å². The Hall–Kier alpha value is -2.08. The van der Waals surface area contributed by atoms with Crippen molar-refractivity contribution in [1.29, 1.82) is 0 Å². The molecule has 0 aromatic heterocycles. The van der Waals surface area contributed by atoms with Crippen molar-refractivity contribution < 1.29 is 19.4 Å². The van der Waals surface area contributed by atoms with Crippen molar-refractivity contribution in [1.82, 2.24) is 10.6 Å². The van der Waals surface area contributed by atoms with Gasteiger partial charge in [0.1, 0.15) is 0 Å². The molecule has 0 radical (unpaired) electrons. The molecule has 3 N–H and O–H groups in total. The summed E-state index contributed by atoms with van der Waals surface area (Å²) in [5.41, 5.74) is 1.50. The van der Waals surface area contributed by atoms with Gasteiger partial charge in [-0.25, -0.2) is 4.79 Å². The lowest BCUT2D eigenvalue weighted by Gasteiger charge is -2.10. The lowest BCUT2D eigenvalue weighted by molar-refractivity contribution is -0.136. The molecule has 0 spiro atoms. The second kappa shape index (κ2) is 8.10. The second-order valence-electron chi connectivity index (χ2n) is 3.94. The van der Waals surface area contributed by atoms with Gasteiger partial charge in [-0.2, -0.15) is 0 Å². The highest BCUT2D eigenvalue weighted by Crippen LogP contribution is 2.09. The van der Waals surface area contributed by atoms with Crippen LogP contribution in [0.5, 0.6) is 0 Å². The maximum absolute atomic E-state index is 11.4. The van der Waals surface area contributed by atoms with Gasteiger partial charge >= 0.3 is 12.0 Å². The van der Waals surface area contributed by atoms with E-state index in [0.717, 1.165) is 5.56 Å². The Balaban J connectivity index is 2.48. The van der Waals surface area contributed by atoms with Gasteiger partial charge in [-0.3, -0.25) is 4.79 Å². The summed E-state index contributed by atoms with van der Waals surface area (Å²) in [7, 11) is 1.56. The van der Waals surface area contributed by atoms with Crippen molar-refractivity contribution in [3.05, 3.63) is 35.4 Å². The maximum atomic E-state index is 11.4. The molecule has 0 heterocycles. The molecular formula is C13H18N2O4. The molecular weight excluding hydrogens is 248 g/mol. The van der Waals surface area contributed by atoms with Gasteiger partial charge in [0.25, 0.3) is 0 Å². The average Bonchev–Trinajstić information content (AvgIpc) is 2.37. The zero-order valence-electron chi connectivity index (χ0n) is 10.8. The van der Waals surface area contributed by atoms with Gasteiger partial charge in [0, 0.05) is 20.2 Å². The zero-order chi connectivity index (χ0) is 14.1. The summed E-state index contributed by atoms with van der Waals surface area (Å²) < 4.78 is 4.81. The molecule has 0 aliphatic carbocycles. The first kappa shape index (κ1) is 15.0. The number of carbonyl (C=O) groups excluding carboxylic acids is 1. The van der Waals surface area contributed by atoms with Gasteiger partial charge in [-0.1, -0.05) is 24.3 Å². The number of rotatable bonds is 7. The molecule has 19 heavy (non-hydrogen) atoms. The Morgan fingerprint density at radius 2 is 1.89 bits per heavy atom. The number of amides is 2. The third kappa shape index (κ3) is 5.87. The summed E-state index contributed by atoms with van der Waals surface area (Å²) >= 11 is 0. The molecule has 0 fully saturated rings. The van der Waals surface area contributed by atoms with Gasteiger partial charge in [0.15, 0.2) is 0 Å². The Morgan fingerprint density at radius 1 is 1.21 bits per heavy atom. The molecule has 0 aliphatic rings. The van der Waals surface area contributed by atoms with Crippen LogP contribution in [0.2, 0.25) is 0 Å². The fourth-order valence-electron chi connectivity index (χ4n) is 1.57. The molecule has 1 aromatic rings. The highest BCUT2D eigenvalue weighted by Gasteiger charge is 2.07. The molecule has 6 nitrogen and oxygen atoms in total. The van der Waals surface area contributed by atoms with E-state index in [4.69, 9.17) is 9.84 Å². The fourth-order valence-corrected chi connectivity index (χ4v) is 1.57. The van der Waals surface area contributed by atoms with E-state index in [1.807, 2.05) is 6.07 Å². The number of urea groups is 1. The van der Waals surface area contributed by atoms with Crippen LogP contribution in [0.25, 0.3) is 0 Å². The first-order chi connectivity index (χ1) is 9.13. The third-order valence-electron chi connectivity index (χ3n) is 2.49. The quantitative estimate of drug-likeness (QED) is 0.636. The van der Waals surface area contributed by atoms with Crippen LogP contribution in [0.15, 0.2) is 24.3 Å². The summed E-state index contributed by atoms with van der Waals surface area (Å²) in [5, 5.41) is 14.1. The van der Waals surface area contributed by atoms with Crippen molar-refractivity contribution >= 4 is 12.0 Å². The van der Waals surface area contributed by atoms with Crippen LogP contribution in [-0.4, -0.2) is 37.4 Å². The number of hydrogen-bond acceptors (Lipinski definition) is 3. The largest absolute Gasteiger partial charge is 0.481 e. The number of methoxy groups -OCH3 is 1. The lowest BCUT2D eigenvalue weighted by atomic mass is 10.0. The van der Waals surface area contributed by atoms with Crippen LogP contribution in [0, 0.1) is 0 Å². The van der Waals surface area contributed by atoms with E-state index in [1.54, 1.807) is 25.3 Å². The van der Waals surface area contributed by atoms with Crippen LogP contribution in [0.1, 0.15) is 11.1 Å². The molecule has 0 unspecified atom stereocenters. The molecule has 0 bridgehead atoms. The van der Waals surface area contributed by atoms with E-state index in [1.165, 1.54) is 0 Å². The average molecular weight is 266 g/mol. The van der Waals surface area contributed by atoms with Gasteiger partial charge in [0.05, 0.1) is 13.0 Å². The number of hydrogen-bond donors (Lipinski definition) is 3. The Labute approximate surface area is 111 Å². The fraction of sp³-hybridized carbons (Fsp3) is 0.385. The summed E-state index contributed by atoms with van der Waals surface area (Å²) in [6.45, 7) is 1.17. The van der Waals surface area contributed by atoms with Gasteiger partial charge in [-0.05, 0) is 11.1 Å². The van der Waals surface area contributed by atoms with Crippen LogP contribution < -0.4 is 10.6 Å². The standard InChI is InChI=1S/C13H18N2O4/c1-19-7-6-14-13(18)15-9-11-5-3-2-4-10(11)8-12(16)17/h2-5H,6-9H2,1H3,(H,16,17)(H2,14,15,18). The molecule has 0 atom stereocenters. The first-order valence-electron chi connectivity index (χ1n) is 5.92. The normalized spacial score (nSPS) is 9.95. The number of nitrogens with one attached hydrogen (secondary N) is 2. The van der Waals surface area contributed by atoms with Gasteiger partial charge < -0.3 is 20.5 Å². The molecule has 0 aliphatic heterocycles. The number of carboxylic acids is 1. The monoisotopic (exact) mass is 266 g/mol. The first-order valence-corrected chi connectivity index (χ1v) is 5.92. The number of benzene rings is 1. The topological polar surface area (TPSA) is 87.7 Å².